The Morgan fingerprint density at radius 2 is 2.15 bits per heavy atom. The third-order valence-electron chi connectivity index (χ3n) is 5.45. The van der Waals surface area contributed by atoms with Gasteiger partial charge in [0.2, 0.25) is 0 Å². The molecule has 2 atom stereocenters. The fraction of sp³-hybridized carbons (Fsp3) is 0.350. The molecule has 1 aromatic heterocycles. The molecule has 0 amide bonds. The van der Waals surface area contributed by atoms with Crippen molar-refractivity contribution in [3.8, 4) is 0 Å². The molecule has 0 bridgehead atoms. The summed E-state index contributed by atoms with van der Waals surface area (Å²) in [7, 11) is 1.84. The molecule has 0 spiro atoms. The summed E-state index contributed by atoms with van der Waals surface area (Å²) in [4.78, 5) is 11.6. The minimum atomic E-state index is -0.852. The van der Waals surface area contributed by atoms with Crippen molar-refractivity contribution >= 4 is 17.0 Å². The standard InChI is InChI=1S/C20H21N3O3/c1-11-14(6-7-17-20(11)21-22-23(17)2)15(10-19(25)26)13-4-3-12-5-8-18(24)16(12)9-13/h3-4,6-7,9,15,18,24H,5,8,10H2,1-2H3,(H,25,26). The highest BCUT2D eigenvalue weighted by Gasteiger charge is 2.26. The molecule has 0 aliphatic heterocycles. The Labute approximate surface area is 151 Å². The fourth-order valence-corrected chi connectivity index (χ4v) is 4.02. The molecule has 4 rings (SSSR count). The molecule has 2 aromatic carbocycles. The van der Waals surface area contributed by atoms with Gasteiger partial charge in [-0.15, -0.1) is 5.10 Å². The summed E-state index contributed by atoms with van der Waals surface area (Å²) in [6, 6.07) is 9.89. The van der Waals surface area contributed by atoms with Crippen LogP contribution in [-0.2, 0) is 18.3 Å². The van der Waals surface area contributed by atoms with Crippen molar-refractivity contribution in [3.63, 3.8) is 0 Å². The third kappa shape index (κ3) is 2.66. The van der Waals surface area contributed by atoms with Crippen molar-refractivity contribution in [1.29, 1.82) is 0 Å². The zero-order chi connectivity index (χ0) is 18.4. The lowest BCUT2D eigenvalue weighted by Gasteiger charge is -2.20. The number of carbonyl (C=O) groups is 1. The van der Waals surface area contributed by atoms with E-state index in [1.165, 1.54) is 0 Å². The van der Waals surface area contributed by atoms with Crippen LogP contribution in [0.2, 0.25) is 0 Å². The van der Waals surface area contributed by atoms with E-state index in [1.54, 1.807) is 4.68 Å². The van der Waals surface area contributed by atoms with Crippen LogP contribution in [0.4, 0.5) is 0 Å². The average molecular weight is 351 g/mol. The first kappa shape index (κ1) is 16.7. The summed E-state index contributed by atoms with van der Waals surface area (Å²) in [5.74, 6) is -1.15. The number of fused-ring (bicyclic) bond motifs is 2. The van der Waals surface area contributed by atoms with Crippen LogP contribution >= 0.6 is 0 Å². The minimum Gasteiger partial charge on any atom is -0.481 e. The van der Waals surface area contributed by atoms with Gasteiger partial charge in [0, 0.05) is 13.0 Å². The van der Waals surface area contributed by atoms with E-state index in [2.05, 4.69) is 10.3 Å². The Bertz CT molecular complexity index is 1010. The zero-order valence-corrected chi connectivity index (χ0v) is 14.8. The topological polar surface area (TPSA) is 88.2 Å². The lowest BCUT2D eigenvalue weighted by atomic mass is 9.84. The molecule has 26 heavy (non-hydrogen) atoms. The lowest BCUT2D eigenvalue weighted by molar-refractivity contribution is -0.137. The van der Waals surface area contributed by atoms with Crippen LogP contribution in [0.5, 0.6) is 0 Å². The van der Waals surface area contributed by atoms with E-state index in [0.717, 1.165) is 51.7 Å². The predicted octanol–water partition coefficient (Wildman–Crippen LogP) is 2.86. The Morgan fingerprint density at radius 1 is 1.35 bits per heavy atom. The Hall–Kier alpha value is -2.73. The van der Waals surface area contributed by atoms with E-state index in [0.29, 0.717) is 0 Å². The predicted molar refractivity (Wildman–Crippen MR) is 97.1 cm³/mol. The number of aliphatic carboxylic acids is 1. The van der Waals surface area contributed by atoms with E-state index >= 15 is 0 Å². The van der Waals surface area contributed by atoms with Gasteiger partial charge in [0.1, 0.15) is 5.52 Å². The molecule has 0 fully saturated rings. The first-order chi connectivity index (χ1) is 12.5. The fourth-order valence-electron chi connectivity index (χ4n) is 4.02. The van der Waals surface area contributed by atoms with Crippen molar-refractivity contribution in [2.45, 2.75) is 38.2 Å². The quantitative estimate of drug-likeness (QED) is 0.754. The third-order valence-corrected chi connectivity index (χ3v) is 5.45. The second-order valence-corrected chi connectivity index (χ2v) is 7.02. The number of aliphatic hydroxyl groups excluding tert-OH is 1. The first-order valence-electron chi connectivity index (χ1n) is 8.77. The SMILES string of the molecule is Cc1c(C(CC(=O)O)c2ccc3c(c2)C(O)CC3)ccc2c1nnn2C. The second kappa shape index (κ2) is 6.21. The van der Waals surface area contributed by atoms with E-state index in [9.17, 15) is 15.0 Å². The highest BCUT2D eigenvalue weighted by Crippen LogP contribution is 2.37. The Balaban J connectivity index is 1.85. The van der Waals surface area contributed by atoms with Gasteiger partial charge in [0.15, 0.2) is 0 Å². The van der Waals surface area contributed by atoms with Gasteiger partial charge in [0.25, 0.3) is 0 Å². The van der Waals surface area contributed by atoms with Gasteiger partial charge in [0.05, 0.1) is 18.0 Å². The number of aromatic nitrogens is 3. The largest absolute Gasteiger partial charge is 0.481 e. The van der Waals surface area contributed by atoms with Gasteiger partial charge in [-0.3, -0.25) is 4.79 Å². The highest BCUT2D eigenvalue weighted by atomic mass is 16.4. The van der Waals surface area contributed by atoms with Gasteiger partial charge >= 0.3 is 5.97 Å². The van der Waals surface area contributed by atoms with Gasteiger partial charge in [-0.25, -0.2) is 4.68 Å². The number of benzene rings is 2. The molecule has 2 unspecified atom stereocenters. The summed E-state index contributed by atoms with van der Waals surface area (Å²) < 4.78 is 1.71. The summed E-state index contributed by atoms with van der Waals surface area (Å²) in [5, 5.41) is 28.0. The Morgan fingerprint density at radius 3 is 2.92 bits per heavy atom. The van der Waals surface area contributed by atoms with Crippen molar-refractivity contribution in [1.82, 2.24) is 15.0 Å². The summed E-state index contributed by atoms with van der Waals surface area (Å²) in [6.07, 6.45) is 1.12. The number of aryl methyl sites for hydroxylation is 3. The molecule has 6 nitrogen and oxygen atoms in total. The molecular formula is C20H21N3O3. The number of carboxylic acid groups (broad SMARTS) is 1. The molecule has 2 N–H and O–H groups in total. The van der Waals surface area contributed by atoms with Gasteiger partial charge in [-0.05, 0) is 53.6 Å². The summed E-state index contributed by atoms with van der Waals surface area (Å²) >= 11 is 0. The molecular weight excluding hydrogens is 330 g/mol. The first-order valence-corrected chi connectivity index (χ1v) is 8.77. The molecule has 1 aliphatic rings. The number of hydrogen-bond acceptors (Lipinski definition) is 4. The van der Waals surface area contributed by atoms with E-state index in [1.807, 2.05) is 44.3 Å². The zero-order valence-electron chi connectivity index (χ0n) is 14.8. The molecule has 0 radical (unpaired) electrons. The van der Waals surface area contributed by atoms with Crippen LogP contribution in [0.3, 0.4) is 0 Å². The summed E-state index contributed by atoms with van der Waals surface area (Å²) in [5.41, 5.74) is 6.59. The normalized spacial score (nSPS) is 17.4. The number of nitrogens with zero attached hydrogens (tertiary/aromatic N) is 3. The average Bonchev–Trinajstić information content (AvgIpc) is 3.17. The number of hydrogen-bond donors (Lipinski definition) is 2. The van der Waals surface area contributed by atoms with E-state index < -0.39 is 12.1 Å². The van der Waals surface area contributed by atoms with Crippen LogP contribution in [0.1, 0.15) is 52.7 Å². The summed E-state index contributed by atoms with van der Waals surface area (Å²) in [6.45, 7) is 1.96. The maximum atomic E-state index is 11.6. The molecule has 0 saturated heterocycles. The highest BCUT2D eigenvalue weighted by molar-refractivity contribution is 5.80. The van der Waals surface area contributed by atoms with Crippen LogP contribution in [-0.4, -0.2) is 31.2 Å². The van der Waals surface area contributed by atoms with Crippen LogP contribution in [0, 0.1) is 6.92 Å². The van der Waals surface area contributed by atoms with Crippen LogP contribution in [0.25, 0.3) is 11.0 Å². The smallest absolute Gasteiger partial charge is 0.304 e. The van der Waals surface area contributed by atoms with Crippen molar-refractivity contribution in [2.24, 2.45) is 7.05 Å². The van der Waals surface area contributed by atoms with Crippen molar-refractivity contribution in [2.75, 3.05) is 0 Å². The lowest BCUT2D eigenvalue weighted by Crippen LogP contribution is -2.10. The van der Waals surface area contributed by atoms with Gasteiger partial charge in [-0.2, -0.15) is 0 Å². The van der Waals surface area contributed by atoms with Crippen LogP contribution < -0.4 is 0 Å². The van der Waals surface area contributed by atoms with E-state index in [4.69, 9.17) is 0 Å². The molecule has 1 heterocycles. The number of aliphatic hydroxyl groups is 1. The van der Waals surface area contributed by atoms with Gasteiger partial charge < -0.3 is 10.2 Å². The van der Waals surface area contributed by atoms with Crippen LogP contribution in [0.15, 0.2) is 30.3 Å². The van der Waals surface area contributed by atoms with Gasteiger partial charge in [-0.1, -0.05) is 29.5 Å². The molecule has 6 heteroatoms. The maximum Gasteiger partial charge on any atom is 0.304 e. The van der Waals surface area contributed by atoms with Crippen molar-refractivity contribution < 1.29 is 15.0 Å². The monoisotopic (exact) mass is 351 g/mol. The maximum absolute atomic E-state index is 11.6. The minimum absolute atomic E-state index is 0.0124. The van der Waals surface area contributed by atoms with Crippen molar-refractivity contribution in [3.05, 3.63) is 58.1 Å². The van der Waals surface area contributed by atoms with E-state index in [-0.39, 0.29) is 12.3 Å². The number of rotatable bonds is 4. The molecule has 1 aliphatic carbocycles. The number of carboxylic acids is 1. The molecule has 134 valence electrons. The Kier molecular flexibility index (Phi) is 4.00. The molecule has 3 aromatic rings. The second-order valence-electron chi connectivity index (χ2n) is 7.02. The molecule has 0 saturated carbocycles.